The molecule has 6 nitrogen and oxygen atoms in total. The Morgan fingerprint density at radius 1 is 1.08 bits per heavy atom. The maximum atomic E-state index is 10.6. The van der Waals surface area contributed by atoms with Crippen molar-refractivity contribution in [2.75, 3.05) is 26.4 Å². The lowest BCUT2D eigenvalue weighted by Gasteiger charge is -2.25. The summed E-state index contributed by atoms with van der Waals surface area (Å²) in [7, 11) is 0. The first-order valence-corrected chi connectivity index (χ1v) is 9.79. The van der Waals surface area contributed by atoms with Gasteiger partial charge in [-0.3, -0.25) is 0 Å². The highest BCUT2D eigenvalue weighted by Crippen LogP contribution is 2.59. The lowest BCUT2D eigenvalue weighted by molar-refractivity contribution is 0.0987. The third kappa shape index (κ3) is 4.67. The van der Waals surface area contributed by atoms with E-state index in [9.17, 15) is 10.4 Å². The molecule has 1 atom stereocenters. The minimum Gasteiger partial charge on any atom is -0.490 e. The first-order valence-electron chi connectivity index (χ1n) is 8.15. The fourth-order valence-corrected chi connectivity index (χ4v) is 4.89. The number of thioether (sulfide) groups is 2. The van der Waals surface area contributed by atoms with Gasteiger partial charge in [0.25, 0.3) is 0 Å². The fourth-order valence-electron chi connectivity index (χ4n) is 2.23. The molecular weight excluding hydrogens is 374 g/mol. The number of nitriles is 1. The number of hydrogen-bond acceptors (Lipinski definition) is 8. The van der Waals surface area contributed by atoms with E-state index in [1.807, 2.05) is 20.8 Å². The average molecular weight is 398 g/mol. The summed E-state index contributed by atoms with van der Waals surface area (Å²) in [5, 5.41) is 38.2. The van der Waals surface area contributed by atoms with Gasteiger partial charge in [-0.25, -0.2) is 0 Å². The number of benzene rings is 1. The standard InChI is InChI=1S/C18H23NO5S2/c1-18(2,3)16(22)11(10-19)17-25-14-12(23-8-6-20)4-5-13(15(14)26-17)24-9-7-21/h4-5,16,20-22H,6-9H2,1-3H3. The molecule has 1 aromatic rings. The highest BCUT2D eigenvalue weighted by atomic mass is 32.2. The molecule has 0 aromatic heterocycles. The Bertz CT molecular complexity index is 683. The molecule has 142 valence electrons. The van der Waals surface area contributed by atoms with Gasteiger partial charge in [-0.05, 0) is 17.5 Å². The molecule has 8 heteroatoms. The van der Waals surface area contributed by atoms with Crippen LogP contribution in [0.25, 0.3) is 0 Å². The van der Waals surface area contributed by atoms with Crippen molar-refractivity contribution in [2.24, 2.45) is 5.41 Å². The van der Waals surface area contributed by atoms with E-state index in [0.29, 0.717) is 21.3 Å². The number of ether oxygens (including phenoxy) is 2. The number of aliphatic hydroxyl groups is 3. The predicted molar refractivity (Wildman–Crippen MR) is 101 cm³/mol. The first-order chi connectivity index (χ1) is 12.3. The van der Waals surface area contributed by atoms with Crippen LogP contribution >= 0.6 is 23.5 Å². The van der Waals surface area contributed by atoms with E-state index in [1.54, 1.807) is 12.1 Å². The number of aliphatic hydroxyl groups excluding tert-OH is 3. The Hall–Kier alpha value is -1.37. The zero-order chi connectivity index (χ0) is 19.3. The monoisotopic (exact) mass is 397 g/mol. The van der Waals surface area contributed by atoms with Crippen molar-refractivity contribution in [3.63, 3.8) is 0 Å². The van der Waals surface area contributed by atoms with Crippen LogP contribution in [0.3, 0.4) is 0 Å². The molecule has 0 saturated heterocycles. The van der Waals surface area contributed by atoms with Gasteiger partial charge in [0.15, 0.2) is 0 Å². The Morgan fingerprint density at radius 3 is 1.88 bits per heavy atom. The lowest BCUT2D eigenvalue weighted by Crippen LogP contribution is -2.27. The Morgan fingerprint density at radius 2 is 1.54 bits per heavy atom. The number of hydrogen-bond donors (Lipinski definition) is 3. The van der Waals surface area contributed by atoms with Crippen LogP contribution in [0.1, 0.15) is 20.8 Å². The summed E-state index contributed by atoms with van der Waals surface area (Å²) >= 11 is 2.70. The third-order valence-corrected chi connectivity index (χ3v) is 6.22. The topological polar surface area (TPSA) is 103 Å². The number of nitrogens with zero attached hydrogens (tertiary/aromatic N) is 1. The average Bonchev–Trinajstić information content (AvgIpc) is 3.03. The van der Waals surface area contributed by atoms with E-state index in [2.05, 4.69) is 6.07 Å². The fraction of sp³-hybridized carbons (Fsp3) is 0.500. The van der Waals surface area contributed by atoms with Crippen LogP contribution in [-0.4, -0.2) is 47.9 Å². The van der Waals surface area contributed by atoms with Crippen molar-refractivity contribution in [3.8, 4) is 17.6 Å². The minimum absolute atomic E-state index is 0.107. The van der Waals surface area contributed by atoms with Crippen molar-refractivity contribution in [1.29, 1.82) is 5.26 Å². The van der Waals surface area contributed by atoms with Gasteiger partial charge in [0.05, 0.1) is 45.0 Å². The van der Waals surface area contributed by atoms with Gasteiger partial charge in [-0.15, -0.1) is 0 Å². The van der Waals surface area contributed by atoms with Crippen LogP contribution in [0, 0.1) is 16.7 Å². The molecule has 0 aliphatic carbocycles. The largest absolute Gasteiger partial charge is 0.490 e. The second kappa shape index (κ2) is 9.02. The molecular formula is C18H23NO5S2. The first kappa shape index (κ1) is 20.9. The number of rotatable bonds is 7. The summed E-state index contributed by atoms with van der Waals surface area (Å²) in [6, 6.07) is 5.62. The summed E-state index contributed by atoms with van der Waals surface area (Å²) in [5.41, 5.74) is -0.162. The lowest BCUT2D eigenvalue weighted by atomic mass is 9.85. The van der Waals surface area contributed by atoms with E-state index in [1.165, 1.54) is 23.5 Å². The molecule has 3 N–H and O–H groups in total. The van der Waals surface area contributed by atoms with Crippen molar-refractivity contribution in [3.05, 3.63) is 21.9 Å². The molecule has 2 rings (SSSR count). The second-order valence-electron chi connectivity index (χ2n) is 6.65. The van der Waals surface area contributed by atoms with E-state index in [0.717, 1.165) is 9.79 Å². The second-order valence-corrected chi connectivity index (χ2v) is 8.95. The Kier molecular flexibility index (Phi) is 7.26. The Labute approximate surface area is 161 Å². The van der Waals surface area contributed by atoms with Crippen LogP contribution < -0.4 is 9.47 Å². The summed E-state index contributed by atoms with van der Waals surface area (Å²) in [6.07, 6.45) is -0.902. The third-order valence-electron chi connectivity index (χ3n) is 3.56. The van der Waals surface area contributed by atoms with Gasteiger partial charge in [0.1, 0.15) is 24.7 Å². The molecule has 0 spiro atoms. The zero-order valence-electron chi connectivity index (χ0n) is 15.0. The molecule has 0 saturated carbocycles. The van der Waals surface area contributed by atoms with Crippen LogP contribution in [0.4, 0.5) is 0 Å². The zero-order valence-corrected chi connectivity index (χ0v) is 16.6. The molecule has 1 aliphatic rings. The van der Waals surface area contributed by atoms with Gasteiger partial charge in [0, 0.05) is 0 Å². The molecule has 0 fully saturated rings. The van der Waals surface area contributed by atoms with Gasteiger partial charge < -0.3 is 24.8 Å². The van der Waals surface area contributed by atoms with Crippen molar-refractivity contribution in [2.45, 2.75) is 36.7 Å². The minimum atomic E-state index is -0.902. The summed E-state index contributed by atoms with van der Waals surface area (Å²) in [5.74, 6) is 1.17. The highest BCUT2D eigenvalue weighted by molar-refractivity contribution is 8.24. The quantitative estimate of drug-likeness (QED) is 0.604. The molecule has 1 aliphatic heterocycles. The van der Waals surface area contributed by atoms with Crippen LogP contribution in [0.15, 0.2) is 31.7 Å². The molecule has 0 radical (unpaired) electrons. The summed E-state index contributed by atoms with van der Waals surface area (Å²) in [4.78, 5) is 1.56. The number of fused-ring (bicyclic) bond motifs is 1. The smallest absolute Gasteiger partial charge is 0.134 e. The van der Waals surface area contributed by atoms with Crippen molar-refractivity contribution in [1.82, 2.24) is 0 Å². The van der Waals surface area contributed by atoms with Crippen LogP contribution in [-0.2, 0) is 0 Å². The van der Waals surface area contributed by atoms with Crippen molar-refractivity contribution >= 4 is 23.5 Å². The Balaban J connectivity index is 2.45. The van der Waals surface area contributed by atoms with E-state index < -0.39 is 11.5 Å². The molecule has 1 unspecified atom stereocenters. The molecule has 0 amide bonds. The van der Waals surface area contributed by atoms with E-state index in [4.69, 9.17) is 19.7 Å². The molecule has 26 heavy (non-hydrogen) atoms. The summed E-state index contributed by atoms with van der Waals surface area (Å²) in [6.45, 7) is 5.72. The molecule has 1 aromatic carbocycles. The molecule has 1 heterocycles. The van der Waals surface area contributed by atoms with Crippen molar-refractivity contribution < 1.29 is 24.8 Å². The van der Waals surface area contributed by atoms with Crippen LogP contribution in [0.5, 0.6) is 11.5 Å². The maximum Gasteiger partial charge on any atom is 0.134 e. The maximum absolute atomic E-state index is 10.6. The highest BCUT2D eigenvalue weighted by Gasteiger charge is 2.34. The van der Waals surface area contributed by atoms with E-state index in [-0.39, 0.29) is 26.4 Å². The van der Waals surface area contributed by atoms with Gasteiger partial charge in [-0.1, -0.05) is 44.3 Å². The molecule has 0 bridgehead atoms. The summed E-state index contributed by atoms with van der Waals surface area (Å²) < 4.78 is 11.9. The van der Waals surface area contributed by atoms with E-state index >= 15 is 0 Å². The normalized spacial score (nSPS) is 14.6. The van der Waals surface area contributed by atoms with Gasteiger partial charge >= 0.3 is 0 Å². The SMILES string of the molecule is CC(C)(C)C(O)C(C#N)=C1Sc2c(OCCO)ccc(OCCO)c2S1. The predicted octanol–water partition coefficient (Wildman–Crippen LogP) is 2.77. The van der Waals surface area contributed by atoms with Gasteiger partial charge in [0.2, 0.25) is 0 Å². The van der Waals surface area contributed by atoms with Crippen LogP contribution in [0.2, 0.25) is 0 Å². The van der Waals surface area contributed by atoms with Gasteiger partial charge in [-0.2, -0.15) is 5.26 Å².